The van der Waals surface area contributed by atoms with Gasteiger partial charge < -0.3 is 15.1 Å². The molecular formula is C17H19ClN2O2. The normalized spacial score (nSPS) is 18.5. The number of amides is 1. The SMILES string of the molecule is C[C@H]1CCCN(C(=O)c2ccc(-c3cc(N)ccc3Cl)o2)C1. The second-order valence-corrected chi connectivity index (χ2v) is 6.31. The smallest absolute Gasteiger partial charge is 0.289 e. The predicted octanol–water partition coefficient (Wildman–Crippen LogP) is 4.05. The number of hydrogen-bond acceptors (Lipinski definition) is 3. The molecule has 2 aromatic rings. The molecule has 5 heteroatoms. The van der Waals surface area contributed by atoms with Gasteiger partial charge in [-0.2, -0.15) is 0 Å². The predicted molar refractivity (Wildman–Crippen MR) is 87.9 cm³/mol. The third kappa shape index (κ3) is 2.97. The summed E-state index contributed by atoms with van der Waals surface area (Å²) in [6, 6.07) is 8.68. The molecule has 1 aliphatic rings. The molecule has 1 saturated heterocycles. The number of halogens is 1. The molecule has 1 atom stereocenters. The maximum Gasteiger partial charge on any atom is 0.289 e. The van der Waals surface area contributed by atoms with Gasteiger partial charge in [-0.3, -0.25) is 4.79 Å². The van der Waals surface area contributed by atoms with Crippen LogP contribution in [0.2, 0.25) is 5.02 Å². The van der Waals surface area contributed by atoms with Gasteiger partial charge in [-0.1, -0.05) is 18.5 Å². The molecule has 1 aromatic carbocycles. The Labute approximate surface area is 134 Å². The molecular weight excluding hydrogens is 300 g/mol. The molecule has 0 aliphatic carbocycles. The lowest BCUT2D eigenvalue weighted by atomic mass is 10.0. The maximum absolute atomic E-state index is 12.5. The molecule has 22 heavy (non-hydrogen) atoms. The number of likely N-dealkylation sites (tertiary alicyclic amines) is 1. The van der Waals surface area contributed by atoms with Crippen LogP contribution in [0, 0.1) is 5.92 Å². The van der Waals surface area contributed by atoms with Gasteiger partial charge in [0.05, 0.1) is 5.02 Å². The van der Waals surface area contributed by atoms with Crippen molar-refractivity contribution in [2.45, 2.75) is 19.8 Å². The summed E-state index contributed by atoms with van der Waals surface area (Å²) in [6.07, 6.45) is 2.22. The van der Waals surface area contributed by atoms with Crippen molar-refractivity contribution in [1.82, 2.24) is 4.90 Å². The highest BCUT2D eigenvalue weighted by molar-refractivity contribution is 6.33. The number of benzene rings is 1. The van der Waals surface area contributed by atoms with Gasteiger partial charge in [0.15, 0.2) is 5.76 Å². The summed E-state index contributed by atoms with van der Waals surface area (Å²) >= 11 is 6.18. The molecule has 0 spiro atoms. The minimum Gasteiger partial charge on any atom is -0.451 e. The summed E-state index contributed by atoms with van der Waals surface area (Å²) in [5.74, 6) is 1.39. The number of carbonyl (C=O) groups excluding carboxylic acids is 1. The van der Waals surface area contributed by atoms with Gasteiger partial charge in [0.2, 0.25) is 0 Å². The monoisotopic (exact) mass is 318 g/mol. The minimum absolute atomic E-state index is 0.0576. The van der Waals surface area contributed by atoms with Gasteiger partial charge in [-0.25, -0.2) is 0 Å². The lowest BCUT2D eigenvalue weighted by Gasteiger charge is -2.30. The van der Waals surface area contributed by atoms with E-state index >= 15 is 0 Å². The van der Waals surface area contributed by atoms with Gasteiger partial charge in [-0.05, 0) is 49.1 Å². The molecule has 2 heterocycles. The molecule has 2 N–H and O–H groups in total. The van der Waals surface area contributed by atoms with E-state index in [1.165, 1.54) is 6.42 Å². The number of nitrogen functional groups attached to an aromatic ring is 1. The molecule has 0 radical (unpaired) electrons. The third-order valence-electron chi connectivity index (χ3n) is 4.02. The zero-order valence-corrected chi connectivity index (χ0v) is 13.3. The highest BCUT2D eigenvalue weighted by Gasteiger charge is 2.24. The van der Waals surface area contributed by atoms with Gasteiger partial charge in [0.1, 0.15) is 5.76 Å². The zero-order chi connectivity index (χ0) is 15.7. The maximum atomic E-state index is 12.5. The van der Waals surface area contributed by atoms with Crippen LogP contribution in [0.25, 0.3) is 11.3 Å². The van der Waals surface area contributed by atoms with Crippen LogP contribution >= 0.6 is 11.6 Å². The van der Waals surface area contributed by atoms with E-state index in [9.17, 15) is 4.79 Å². The van der Waals surface area contributed by atoms with Gasteiger partial charge >= 0.3 is 0 Å². The fourth-order valence-electron chi connectivity index (χ4n) is 2.86. The van der Waals surface area contributed by atoms with E-state index in [0.717, 1.165) is 19.5 Å². The molecule has 0 unspecified atom stereocenters. The molecule has 1 fully saturated rings. The van der Waals surface area contributed by atoms with Crippen molar-refractivity contribution < 1.29 is 9.21 Å². The van der Waals surface area contributed by atoms with Crippen LogP contribution in [-0.4, -0.2) is 23.9 Å². The van der Waals surface area contributed by atoms with E-state index in [1.54, 1.807) is 30.3 Å². The Morgan fingerprint density at radius 1 is 1.36 bits per heavy atom. The summed E-state index contributed by atoms with van der Waals surface area (Å²) in [5, 5.41) is 0.550. The molecule has 1 aromatic heterocycles. The fraction of sp³-hybridized carbons (Fsp3) is 0.353. The van der Waals surface area contributed by atoms with E-state index in [0.29, 0.717) is 33.7 Å². The molecule has 3 rings (SSSR count). The van der Waals surface area contributed by atoms with Crippen molar-refractivity contribution in [3.8, 4) is 11.3 Å². The minimum atomic E-state index is -0.0576. The molecule has 0 saturated carbocycles. The quantitative estimate of drug-likeness (QED) is 0.850. The summed E-state index contributed by atoms with van der Waals surface area (Å²) in [7, 11) is 0. The highest BCUT2D eigenvalue weighted by Crippen LogP contribution is 2.31. The van der Waals surface area contributed by atoms with Crippen LogP contribution in [0.1, 0.15) is 30.3 Å². The lowest BCUT2D eigenvalue weighted by molar-refractivity contribution is 0.0652. The summed E-state index contributed by atoms with van der Waals surface area (Å²) in [4.78, 5) is 14.4. The number of nitrogens with zero attached hydrogens (tertiary/aromatic N) is 1. The average molecular weight is 319 g/mol. The van der Waals surface area contributed by atoms with Crippen molar-refractivity contribution in [2.75, 3.05) is 18.8 Å². The highest BCUT2D eigenvalue weighted by atomic mass is 35.5. The molecule has 0 bridgehead atoms. The van der Waals surface area contributed by atoms with E-state index in [4.69, 9.17) is 21.8 Å². The number of nitrogens with two attached hydrogens (primary N) is 1. The van der Waals surface area contributed by atoms with E-state index in [1.807, 2.05) is 4.90 Å². The van der Waals surface area contributed by atoms with Crippen molar-refractivity contribution >= 4 is 23.2 Å². The first-order valence-corrected chi connectivity index (χ1v) is 7.87. The Morgan fingerprint density at radius 2 is 2.18 bits per heavy atom. The summed E-state index contributed by atoms with van der Waals surface area (Å²) in [5.41, 5.74) is 7.09. The fourth-order valence-corrected chi connectivity index (χ4v) is 3.07. The zero-order valence-electron chi connectivity index (χ0n) is 12.5. The molecule has 116 valence electrons. The number of anilines is 1. The van der Waals surface area contributed by atoms with Gasteiger partial charge in [0, 0.05) is 24.3 Å². The van der Waals surface area contributed by atoms with Gasteiger partial charge in [0.25, 0.3) is 5.91 Å². The Balaban J connectivity index is 1.84. The lowest BCUT2D eigenvalue weighted by Crippen LogP contribution is -2.38. The van der Waals surface area contributed by atoms with Crippen LogP contribution < -0.4 is 5.73 Å². The Morgan fingerprint density at radius 3 is 2.95 bits per heavy atom. The summed E-state index contributed by atoms with van der Waals surface area (Å²) in [6.45, 7) is 3.74. The number of carbonyl (C=O) groups is 1. The van der Waals surface area contributed by atoms with E-state index in [2.05, 4.69) is 6.92 Å². The van der Waals surface area contributed by atoms with Crippen molar-refractivity contribution in [3.63, 3.8) is 0 Å². The first kappa shape index (κ1) is 15.0. The van der Waals surface area contributed by atoms with Crippen molar-refractivity contribution in [2.24, 2.45) is 5.92 Å². The summed E-state index contributed by atoms with van der Waals surface area (Å²) < 4.78 is 5.72. The number of furan rings is 1. The molecule has 4 nitrogen and oxygen atoms in total. The van der Waals surface area contributed by atoms with E-state index < -0.39 is 0 Å². The van der Waals surface area contributed by atoms with Crippen LogP contribution in [0.4, 0.5) is 5.69 Å². The van der Waals surface area contributed by atoms with Crippen LogP contribution in [-0.2, 0) is 0 Å². The average Bonchev–Trinajstić information content (AvgIpc) is 2.98. The first-order valence-electron chi connectivity index (χ1n) is 7.49. The van der Waals surface area contributed by atoms with E-state index in [-0.39, 0.29) is 5.91 Å². The van der Waals surface area contributed by atoms with Crippen LogP contribution in [0.15, 0.2) is 34.7 Å². The second kappa shape index (κ2) is 6.05. The molecule has 1 aliphatic heterocycles. The van der Waals surface area contributed by atoms with Crippen molar-refractivity contribution in [1.29, 1.82) is 0 Å². The third-order valence-corrected chi connectivity index (χ3v) is 4.35. The van der Waals surface area contributed by atoms with Crippen molar-refractivity contribution in [3.05, 3.63) is 41.1 Å². The second-order valence-electron chi connectivity index (χ2n) is 5.90. The Hall–Kier alpha value is -1.94. The number of hydrogen-bond donors (Lipinski definition) is 1. The number of piperidine rings is 1. The standard InChI is InChI=1S/C17H19ClN2O2/c1-11-3-2-8-20(10-11)17(21)16-7-6-15(22-16)13-9-12(19)4-5-14(13)18/h4-7,9,11H,2-3,8,10,19H2,1H3/t11-/m0/s1. The first-order chi connectivity index (χ1) is 10.5. The largest absolute Gasteiger partial charge is 0.451 e. The van der Waals surface area contributed by atoms with Crippen LogP contribution in [0.5, 0.6) is 0 Å². The van der Waals surface area contributed by atoms with Gasteiger partial charge in [-0.15, -0.1) is 0 Å². The Bertz CT molecular complexity index is 696. The number of rotatable bonds is 2. The molecule has 1 amide bonds. The topological polar surface area (TPSA) is 59.5 Å². The Kier molecular flexibility index (Phi) is 4.12. The van der Waals surface area contributed by atoms with Crippen LogP contribution in [0.3, 0.4) is 0 Å².